The molecule has 1 aliphatic rings. The van der Waals surface area contributed by atoms with E-state index in [1.54, 1.807) is 11.1 Å². The van der Waals surface area contributed by atoms with Gasteiger partial charge in [0.25, 0.3) is 5.91 Å². The summed E-state index contributed by atoms with van der Waals surface area (Å²) in [7, 11) is 0. The second-order valence-corrected chi connectivity index (χ2v) is 10.2. The lowest BCUT2D eigenvalue weighted by molar-refractivity contribution is 0.0419. The molecule has 34 heavy (non-hydrogen) atoms. The number of anilines is 1. The molecule has 0 radical (unpaired) electrons. The number of hydrogen-bond acceptors (Lipinski definition) is 8. The van der Waals surface area contributed by atoms with E-state index >= 15 is 0 Å². The van der Waals surface area contributed by atoms with Gasteiger partial charge in [-0.05, 0) is 50.8 Å². The van der Waals surface area contributed by atoms with Crippen LogP contribution in [0.15, 0.2) is 29.9 Å². The number of rotatable bonds is 6. The monoisotopic (exact) mass is 486 g/mol. The van der Waals surface area contributed by atoms with Crippen molar-refractivity contribution in [1.29, 1.82) is 0 Å². The van der Waals surface area contributed by atoms with Gasteiger partial charge in [-0.1, -0.05) is 0 Å². The minimum absolute atomic E-state index is 0.148. The van der Waals surface area contributed by atoms with E-state index in [-0.39, 0.29) is 23.8 Å². The minimum atomic E-state index is -0.556. The largest absolute Gasteiger partial charge is 0.444 e. The first-order valence-corrected chi connectivity index (χ1v) is 11.9. The first-order chi connectivity index (χ1) is 16.1. The smallest absolute Gasteiger partial charge is 0.407 e. The second kappa shape index (κ2) is 9.49. The van der Waals surface area contributed by atoms with Crippen LogP contribution in [-0.2, 0) is 4.74 Å². The number of hydrogen-bond donors (Lipinski definition) is 2. The van der Waals surface area contributed by atoms with Crippen LogP contribution in [0.1, 0.15) is 49.8 Å². The highest BCUT2D eigenvalue weighted by Gasteiger charge is 2.33. The molecule has 11 heteroatoms. The van der Waals surface area contributed by atoms with E-state index in [0.29, 0.717) is 41.1 Å². The van der Waals surface area contributed by atoms with Crippen LogP contribution in [-0.4, -0.2) is 57.1 Å². The van der Waals surface area contributed by atoms with E-state index in [4.69, 9.17) is 4.74 Å². The maximum Gasteiger partial charge on any atom is 0.407 e. The van der Waals surface area contributed by atoms with Gasteiger partial charge in [-0.25, -0.2) is 19.2 Å². The van der Waals surface area contributed by atoms with Crippen molar-refractivity contribution in [1.82, 2.24) is 25.2 Å². The zero-order valence-electron chi connectivity index (χ0n) is 19.5. The number of nitrogens with zero attached hydrogens (tertiary/aromatic N) is 4. The van der Waals surface area contributed by atoms with Crippen LogP contribution in [0.5, 0.6) is 0 Å². The zero-order valence-corrected chi connectivity index (χ0v) is 20.3. The van der Waals surface area contributed by atoms with Crippen LogP contribution in [0.4, 0.5) is 15.1 Å². The Morgan fingerprint density at radius 2 is 2.06 bits per heavy atom. The molecule has 0 saturated carbocycles. The van der Waals surface area contributed by atoms with E-state index in [1.807, 2.05) is 39.1 Å². The number of ether oxygens (including phenoxy) is 1. The van der Waals surface area contributed by atoms with Crippen molar-refractivity contribution >= 4 is 39.5 Å². The van der Waals surface area contributed by atoms with E-state index in [1.165, 1.54) is 17.4 Å². The Hall–Kier alpha value is -3.34. The lowest BCUT2D eigenvalue weighted by atomic mass is 9.99. The van der Waals surface area contributed by atoms with Crippen LogP contribution < -0.4 is 10.6 Å². The summed E-state index contributed by atoms with van der Waals surface area (Å²) in [4.78, 5) is 39.6. The fourth-order valence-electron chi connectivity index (χ4n) is 3.57. The molecule has 1 aliphatic heterocycles. The molecule has 1 fully saturated rings. The molecule has 180 valence electrons. The van der Waals surface area contributed by atoms with E-state index in [9.17, 15) is 14.0 Å². The third-order valence-corrected chi connectivity index (χ3v) is 6.17. The molecule has 4 rings (SSSR count). The number of amides is 2. The molecule has 3 aromatic heterocycles. The highest BCUT2D eigenvalue weighted by molar-refractivity contribution is 7.17. The van der Waals surface area contributed by atoms with Gasteiger partial charge in [0, 0.05) is 31.7 Å². The summed E-state index contributed by atoms with van der Waals surface area (Å²) in [6, 6.07) is 2.92. The lowest BCUT2D eigenvalue weighted by Crippen LogP contribution is -2.54. The third-order valence-electron chi connectivity index (χ3n) is 5.26. The number of aromatic nitrogens is 3. The molecule has 0 aliphatic carbocycles. The molecule has 3 aromatic rings. The van der Waals surface area contributed by atoms with Crippen molar-refractivity contribution in [2.24, 2.45) is 5.92 Å². The standard InChI is InChI=1S/C23H27FN6O3S/c1-13(15-7-16(24)10-25-9-15)27-21-28-17-5-6-34-19(17)18(29-21)20(31)30-11-14(12-30)8-26-22(32)33-23(2,3)4/h5-7,9-10,13-14H,8,11-12H2,1-4H3,(H,26,32)(H,27,28,29). The first-order valence-electron chi connectivity index (χ1n) is 11.0. The number of carbonyl (C=O) groups excluding carboxylic acids is 2. The summed E-state index contributed by atoms with van der Waals surface area (Å²) in [5.74, 6) is -0.180. The molecular weight excluding hydrogens is 459 g/mol. The van der Waals surface area contributed by atoms with Crippen LogP contribution in [0.2, 0.25) is 0 Å². The molecule has 1 saturated heterocycles. The summed E-state index contributed by atoms with van der Waals surface area (Å²) in [5, 5.41) is 7.76. The SMILES string of the molecule is CC(Nc1nc(C(=O)N2CC(CNC(=O)OC(C)(C)C)C2)c2sccc2n1)c1cncc(F)c1. The fraction of sp³-hybridized carbons (Fsp3) is 0.435. The summed E-state index contributed by atoms with van der Waals surface area (Å²) >= 11 is 1.41. The molecular formula is C23H27FN6O3S. The van der Waals surface area contributed by atoms with Crippen molar-refractivity contribution in [3.63, 3.8) is 0 Å². The summed E-state index contributed by atoms with van der Waals surface area (Å²) < 4.78 is 19.5. The van der Waals surface area contributed by atoms with Crippen molar-refractivity contribution < 1.29 is 18.7 Å². The Kier molecular flexibility index (Phi) is 6.65. The van der Waals surface area contributed by atoms with Gasteiger partial charge in [0.05, 0.1) is 22.5 Å². The van der Waals surface area contributed by atoms with E-state index in [0.717, 1.165) is 6.20 Å². The van der Waals surface area contributed by atoms with Crippen molar-refractivity contribution in [3.8, 4) is 0 Å². The van der Waals surface area contributed by atoms with Gasteiger partial charge in [0.15, 0.2) is 5.69 Å². The van der Waals surface area contributed by atoms with Gasteiger partial charge in [0.1, 0.15) is 11.4 Å². The van der Waals surface area contributed by atoms with Gasteiger partial charge in [-0.3, -0.25) is 9.78 Å². The lowest BCUT2D eigenvalue weighted by Gasteiger charge is -2.39. The molecule has 0 aromatic carbocycles. The number of pyridine rings is 1. The van der Waals surface area contributed by atoms with Crippen LogP contribution in [0, 0.1) is 11.7 Å². The molecule has 9 nitrogen and oxygen atoms in total. The Morgan fingerprint density at radius 3 is 2.76 bits per heavy atom. The highest BCUT2D eigenvalue weighted by Crippen LogP contribution is 2.28. The Balaban J connectivity index is 1.41. The summed E-state index contributed by atoms with van der Waals surface area (Å²) in [5.41, 5.74) is 1.08. The van der Waals surface area contributed by atoms with Crippen molar-refractivity contribution in [3.05, 3.63) is 47.0 Å². The maximum atomic E-state index is 13.5. The number of alkyl carbamates (subject to hydrolysis) is 1. The summed E-state index contributed by atoms with van der Waals surface area (Å²) in [6.07, 6.45) is 2.25. The normalized spacial score (nSPS) is 15.0. The Labute approximate surface area is 200 Å². The number of carbonyl (C=O) groups is 2. The third kappa shape index (κ3) is 5.58. The Bertz CT molecular complexity index is 1200. The maximum absolute atomic E-state index is 13.5. The average Bonchev–Trinajstić information content (AvgIpc) is 3.19. The van der Waals surface area contributed by atoms with Gasteiger partial charge in [0.2, 0.25) is 5.95 Å². The highest BCUT2D eigenvalue weighted by atomic mass is 32.1. The first kappa shape index (κ1) is 23.8. The van der Waals surface area contributed by atoms with Crippen LogP contribution in [0.25, 0.3) is 10.2 Å². The quantitative estimate of drug-likeness (QED) is 0.542. The van der Waals surface area contributed by atoms with Gasteiger partial charge < -0.3 is 20.3 Å². The molecule has 0 bridgehead atoms. The fourth-order valence-corrected chi connectivity index (χ4v) is 4.38. The predicted molar refractivity (Wildman–Crippen MR) is 127 cm³/mol. The van der Waals surface area contributed by atoms with Crippen LogP contribution in [0.3, 0.4) is 0 Å². The predicted octanol–water partition coefficient (Wildman–Crippen LogP) is 4.00. The number of fused-ring (bicyclic) bond motifs is 1. The average molecular weight is 487 g/mol. The molecule has 4 heterocycles. The number of nitrogens with one attached hydrogen (secondary N) is 2. The minimum Gasteiger partial charge on any atom is -0.444 e. The molecule has 1 unspecified atom stereocenters. The second-order valence-electron chi connectivity index (χ2n) is 9.29. The van der Waals surface area contributed by atoms with Crippen molar-refractivity contribution in [2.45, 2.75) is 39.3 Å². The van der Waals surface area contributed by atoms with E-state index in [2.05, 4.69) is 25.6 Å². The van der Waals surface area contributed by atoms with Gasteiger partial charge in [-0.2, -0.15) is 0 Å². The molecule has 1 atom stereocenters. The Morgan fingerprint density at radius 1 is 1.29 bits per heavy atom. The zero-order chi connectivity index (χ0) is 24.5. The number of halogens is 1. The van der Waals surface area contributed by atoms with Crippen LogP contribution >= 0.6 is 11.3 Å². The van der Waals surface area contributed by atoms with E-state index < -0.39 is 17.5 Å². The number of thiophene rings is 1. The molecule has 0 spiro atoms. The van der Waals surface area contributed by atoms with Crippen molar-refractivity contribution in [2.75, 3.05) is 25.0 Å². The molecule has 2 amide bonds. The van der Waals surface area contributed by atoms with Gasteiger partial charge in [-0.15, -0.1) is 11.3 Å². The summed E-state index contributed by atoms with van der Waals surface area (Å²) in [6.45, 7) is 8.73. The topological polar surface area (TPSA) is 109 Å². The number of likely N-dealkylation sites (tertiary alicyclic amines) is 1. The molecule has 2 N–H and O–H groups in total. The van der Waals surface area contributed by atoms with Gasteiger partial charge >= 0.3 is 6.09 Å².